The lowest BCUT2D eigenvalue weighted by atomic mass is 9.78. The fraction of sp³-hybridized carbons (Fsp3) is 0.622. The first-order chi connectivity index (χ1) is 22.6. The zero-order chi connectivity index (χ0) is 35.9. The first-order valence-corrected chi connectivity index (χ1v) is 16.9. The molecule has 0 aromatic carbocycles. The largest absolute Gasteiger partial charge is 0.481 e. The quantitative estimate of drug-likeness (QED) is 0.0539. The van der Waals surface area contributed by atoms with Gasteiger partial charge < -0.3 is 34.6 Å². The molecule has 11 nitrogen and oxygen atoms in total. The van der Waals surface area contributed by atoms with Crippen molar-refractivity contribution < 1.29 is 53.8 Å². The van der Waals surface area contributed by atoms with Crippen LogP contribution < -0.4 is 0 Å². The number of ether oxygens (including phenoxy) is 3. The second kappa shape index (κ2) is 19.5. The molecule has 0 aromatic rings. The van der Waals surface area contributed by atoms with Crippen molar-refractivity contribution in [1.82, 2.24) is 0 Å². The number of rotatable bonds is 18. The first kappa shape index (κ1) is 40.6. The summed E-state index contributed by atoms with van der Waals surface area (Å²) in [5, 5.41) is 37.6. The van der Waals surface area contributed by atoms with Crippen molar-refractivity contribution in [2.45, 2.75) is 135 Å². The van der Waals surface area contributed by atoms with Crippen molar-refractivity contribution in [2.75, 3.05) is 0 Å². The molecule has 4 N–H and O–H groups in total. The van der Waals surface area contributed by atoms with E-state index >= 15 is 0 Å². The molecular formula is C37H54O11. The molecule has 2 rings (SSSR count). The van der Waals surface area contributed by atoms with Gasteiger partial charge in [-0.25, -0.2) is 9.59 Å². The molecule has 268 valence electrons. The highest BCUT2D eigenvalue weighted by molar-refractivity contribution is 5.81. The Labute approximate surface area is 284 Å². The number of esters is 1. The van der Waals surface area contributed by atoms with Crippen LogP contribution in [-0.4, -0.2) is 74.0 Å². The van der Waals surface area contributed by atoms with Gasteiger partial charge in [-0.15, -0.1) is 0 Å². The van der Waals surface area contributed by atoms with Gasteiger partial charge in [0.1, 0.15) is 11.7 Å². The Bertz CT molecular complexity index is 1260. The van der Waals surface area contributed by atoms with Gasteiger partial charge in [0, 0.05) is 30.9 Å². The average Bonchev–Trinajstić information content (AvgIpc) is 3.02. The van der Waals surface area contributed by atoms with Crippen molar-refractivity contribution in [3.05, 3.63) is 59.8 Å². The standard InChI is InChI=1S/C37H54O11/c1-6-7-8-20-36(48-35(45)18-17-33(41)42)22-23-37(47-31(36)15-11-26(3)24-34(43)44)21-19-28(5)30(46-37)14-10-25(2)9-13-29(38)27(4)12-16-32(39)40/h9-13,15-16,24,27-31,38H,6-8,14,17-23H2,1-5H3,(H,39,40)(H,41,42)(H,43,44)/b13-9+,15-11+,16-12+,25-10+,26-24+. The number of unbranched alkanes of at least 4 members (excludes halogenated alkanes) is 2. The van der Waals surface area contributed by atoms with E-state index in [0.29, 0.717) is 37.7 Å². The topological polar surface area (TPSA) is 177 Å². The van der Waals surface area contributed by atoms with Crippen LogP contribution in [-0.2, 0) is 33.4 Å². The monoisotopic (exact) mass is 674 g/mol. The van der Waals surface area contributed by atoms with E-state index in [1.165, 1.54) is 6.08 Å². The molecule has 1 spiro atoms. The van der Waals surface area contributed by atoms with Gasteiger partial charge in [-0.2, -0.15) is 0 Å². The molecule has 2 heterocycles. The maximum atomic E-state index is 12.9. The van der Waals surface area contributed by atoms with Gasteiger partial charge in [0.05, 0.1) is 25.0 Å². The van der Waals surface area contributed by atoms with Crippen LogP contribution in [0.2, 0.25) is 0 Å². The third kappa shape index (κ3) is 13.5. The third-order valence-electron chi connectivity index (χ3n) is 9.03. The Kier molecular flexibility index (Phi) is 16.5. The predicted molar refractivity (Wildman–Crippen MR) is 180 cm³/mol. The molecule has 0 radical (unpaired) electrons. The second-order valence-corrected chi connectivity index (χ2v) is 13.2. The highest BCUT2D eigenvalue weighted by atomic mass is 16.7. The van der Waals surface area contributed by atoms with Gasteiger partial charge in [-0.05, 0) is 57.4 Å². The summed E-state index contributed by atoms with van der Waals surface area (Å²) in [7, 11) is 0. The summed E-state index contributed by atoms with van der Waals surface area (Å²) in [6.45, 7) is 9.50. The maximum absolute atomic E-state index is 12.9. The summed E-state index contributed by atoms with van der Waals surface area (Å²) < 4.78 is 19.6. The summed E-state index contributed by atoms with van der Waals surface area (Å²) in [6.07, 6.45) is 16.0. The Balaban J connectivity index is 2.32. The van der Waals surface area contributed by atoms with Gasteiger partial charge in [-0.3, -0.25) is 9.59 Å². The van der Waals surface area contributed by atoms with Crippen LogP contribution in [0.3, 0.4) is 0 Å². The van der Waals surface area contributed by atoms with Crippen LogP contribution in [0.25, 0.3) is 0 Å². The number of aliphatic carboxylic acids is 3. The van der Waals surface area contributed by atoms with Crippen molar-refractivity contribution >= 4 is 23.9 Å². The van der Waals surface area contributed by atoms with Gasteiger partial charge in [0.2, 0.25) is 0 Å². The van der Waals surface area contributed by atoms with Crippen molar-refractivity contribution in [3.63, 3.8) is 0 Å². The molecule has 2 aliphatic rings. The Hall–Kier alpha value is -3.54. The zero-order valence-corrected chi connectivity index (χ0v) is 28.9. The Morgan fingerprint density at radius 2 is 1.65 bits per heavy atom. The first-order valence-electron chi connectivity index (χ1n) is 16.9. The SMILES string of the molecule is CCCCCC1(OC(=O)CCC(=O)O)CCC2(CCC(C)C(C/C=C(C)/C=C/C(O)C(C)/C=C/C(=O)O)O2)OC1/C=C/C(C)=C/C(=O)O. The number of aliphatic hydroxyl groups is 1. The van der Waals surface area contributed by atoms with Crippen molar-refractivity contribution in [2.24, 2.45) is 11.8 Å². The molecule has 11 heteroatoms. The number of allylic oxidation sites excluding steroid dienone is 4. The van der Waals surface area contributed by atoms with E-state index in [9.17, 15) is 29.4 Å². The molecule has 48 heavy (non-hydrogen) atoms. The number of carboxylic acid groups (broad SMARTS) is 3. The number of hydrogen-bond acceptors (Lipinski definition) is 8. The summed E-state index contributed by atoms with van der Waals surface area (Å²) in [5.74, 6) is -4.97. The highest BCUT2D eigenvalue weighted by Crippen LogP contribution is 2.48. The molecule has 0 aliphatic carbocycles. The van der Waals surface area contributed by atoms with Crippen molar-refractivity contribution in [1.29, 1.82) is 0 Å². The molecule has 0 saturated carbocycles. The van der Waals surface area contributed by atoms with Crippen LogP contribution in [0.15, 0.2) is 59.8 Å². The van der Waals surface area contributed by atoms with Crippen LogP contribution >= 0.6 is 0 Å². The fourth-order valence-corrected chi connectivity index (χ4v) is 6.01. The summed E-state index contributed by atoms with van der Waals surface area (Å²) in [6, 6.07) is 0. The number of carboxylic acids is 3. The van der Waals surface area contributed by atoms with E-state index in [0.717, 1.165) is 43.4 Å². The molecule has 2 aliphatic heterocycles. The molecule has 0 aromatic heterocycles. The lowest BCUT2D eigenvalue weighted by Crippen LogP contribution is -2.59. The highest BCUT2D eigenvalue weighted by Gasteiger charge is 2.54. The van der Waals surface area contributed by atoms with Crippen molar-refractivity contribution in [3.8, 4) is 0 Å². The predicted octanol–water partition coefficient (Wildman–Crippen LogP) is 6.52. The van der Waals surface area contributed by atoms with E-state index in [4.69, 9.17) is 24.4 Å². The van der Waals surface area contributed by atoms with Gasteiger partial charge in [0.15, 0.2) is 5.79 Å². The van der Waals surface area contributed by atoms with Crippen LogP contribution in [0.4, 0.5) is 0 Å². The maximum Gasteiger partial charge on any atom is 0.328 e. The Morgan fingerprint density at radius 3 is 2.29 bits per heavy atom. The zero-order valence-electron chi connectivity index (χ0n) is 28.9. The molecule has 0 amide bonds. The molecule has 0 bridgehead atoms. The molecule has 7 unspecified atom stereocenters. The van der Waals surface area contributed by atoms with Crippen LogP contribution in [0.5, 0.6) is 0 Å². The Morgan fingerprint density at radius 1 is 0.917 bits per heavy atom. The summed E-state index contributed by atoms with van der Waals surface area (Å²) in [4.78, 5) is 46.2. The molecule has 2 fully saturated rings. The normalized spacial score (nSPS) is 28.2. The minimum absolute atomic E-state index is 0.187. The lowest BCUT2D eigenvalue weighted by molar-refractivity contribution is -0.344. The van der Waals surface area contributed by atoms with Crippen LogP contribution in [0, 0.1) is 11.8 Å². The van der Waals surface area contributed by atoms with Gasteiger partial charge in [0.25, 0.3) is 0 Å². The number of carbonyl (C=O) groups is 4. The fourth-order valence-electron chi connectivity index (χ4n) is 6.01. The average molecular weight is 675 g/mol. The number of aliphatic hydroxyl groups excluding tert-OH is 1. The summed E-state index contributed by atoms with van der Waals surface area (Å²) in [5.41, 5.74) is 0.317. The van der Waals surface area contributed by atoms with Crippen LogP contribution in [0.1, 0.15) is 105 Å². The van der Waals surface area contributed by atoms with E-state index in [1.54, 1.807) is 38.2 Å². The molecule has 7 atom stereocenters. The minimum atomic E-state index is -1.09. The van der Waals surface area contributed by atoms with Gasteiger partial charge in [-0.1, -0.05) is 75.6 Å². The lowest BCUT2D eigenvalue weighted by Gasteiger charge is -2.53. The number of carbonyl (C=O) groups excluding carboxylic acids is 1. The number of hydrogen-bond donors (Lipinski definition) is 4. The minimum Gasteiger partial charge on any atom is -0.481 e. The summed E-state index contributed by atoms with van der Waals surface area (Å²) >= 11 is 0. The molecule has 2 saturated heterocycles. The van der Waals surface area contributed by atoms with Gasteiger partial charge >= 0.3 is 23.9 Å². The second-order valence-electron chi connectivity index (χ2n) is 13.2. The third-order valence-corrected chi connectivity index (χ3v) is 9.03. The smallest absolute Gasteiger partial charge is 0.328 e. The van der Waals surface area contributed by atoms with E-state index in [2.05, 4.69) is 13.8 Å². The van der Waals surface area contributed by atoms with E-state index in [1.807, 2.05) is 13.0 Å². The van der Waals surface area contributed by atoms with E-state index < -0.39 is 47.5 Å². The van der Waals surface area contributed by atoms with E-state index in [-0.39, 0.29) is 30.8 Å². The molecular weight excluding hydrogens is 620 g/mol.